The standard InChI is InChI=1S/C33H36F2N4O5/c1-21(2)30(20-43-33(42)36-25-13-15-38(16-14-25)18-22-3-5-23(34)6-4-22)39-19-31(40)37-29-12-11-27(17-28(29)32(39)41)44-26-9-7-24(35)8-10-26/h3-12,17,21,25,30H,13-16,18-20H2,1-2H3,(H,36,42)(H,37,40). The van der Waals surface area contributed by atoms with E-state index in [0.29, 0.717) is 23.7 Å². The molecule has 0 bridgehead atoms. The lowest BCUT2D eigenvalue weighted by molar-refractivity contribution is -0.117. The monoisotopic (exact) mass is 606 g/mol. The highest BCUT2D eigenvalue weighted by Gasteiger charge is 2.34. The van der Waals surface area contributed by atoms with Crippen LogP contribution in [0.1, 0.15) is 42.6 Å². The van der Waals surface area contributed by atoms with Crippen molar-refractivity contribution in [3.05, 3.63) is 89.5 Å². The maximum atomic E-state index is 13.8. The quantitative estimate of drug-likeness (QED) is 0.331. The number of piperidine rings is 1. The van der Waals surface area contributed by atoms with Crippen molar-refractivity contribution in [2.24, 2.45) is 5.92 Å². The van der Waals surface area contributed by atoms with E-state index >= 15 is 0 Å². The minimum Gasteiger partial charge on any atom is -0.457 e. The molecule has 2 heterocycles. The summed E-state index contributed by atoms with van der Waals surface area (Å²) < 4.78 is 37.9. The molecule has 5 rings (SSSR count). The molecule has 44 heavy (non-hydrogen) atoms. The molecule has 3 amide bonds. The fourth-order valence-electron chi connectivity index (χ4n) is 5.45. The minimum atomic E-state index is -0.574. The van der Waals surface area contributed by atoms with E-state index in [1.54, 1.807) is 24.3 Å². The van der Waals surface area contributed by atoms with E-state index in [-0.39, 0.29) is 42.4 Å². The van der Waals surface area contributed by atoms with E-state index in [2.05, 4.69) is 15.5 Å². The number of carbonyl (C=O) groups excluding carboxylic acids is 3. The van der Waals surface area contributed by atoms with Gasteiger partial charge in [0, 0.05) is 25.7 Å². The van der Waals surface area contributed by atoms with Crippen LogP contribution in [-0.2, 0) is 16.1 Å². The Kier molecular flexibility index (Phi) is 9.74. The van der Waals surface area contributed by atoms with Gasteiger partial charge in [0.25, 0.3) is 5.91 Å². The molecule has 1 saturated heterocycles. The SMILES string of the molecule is CC(C)C(COC(=O)NC1CCN(Cc2ccc(F)cc2)CC1)N1CC(=O)Nc2ccc(Oc3ccc(F)cc3)cc2C1=O. The number of halogens is 2. The van der Waals surface area contributed by atoms with E-state index in [9.17, 15) is 23.2 Å². The third-order valence-electron chi connectivity index (χ3n) is 7.90. The summed E-state index contributed by atoms with van der Waals surface area (Å²) in [6.45, 7) is 5.77. The van der Waals surface area contributed by atoms with Gasteiger partial charge in [-0.05, 0) is 78.9 Å². The van der Waals surface area contributed by atoms with E-state index in [4.69, 9.17) is 9.47 Å². The van der Waals surface area contributed by atoms with Crippen molar-refractivity contribution >= 4 is 23.6 Å². The molecule has 2 aliphatic rings. The molecular formula is C33H36F2N4O5. The normalized spacial score (nSPS) is 16.6. The number of rotatable bonds is 9. The third kappa shape index (κ3) is 7.90. The molecular weight excluding hydrogens is 570 g/mol. The molecule has 3 aromatic rings. The first-order valence-corrected chi connectivity index (χ1v) is 14.7. The number of nitrogens with zero attached hydrogens (tertiary/aromatic N) is 2. The third-order valence-corrected chi connectivity index (χ3v) is 7.90. The highest BCUT2D eigenvalue weighted by Crippen LogP contribution is 2.30. The maximum absolute atomic E-state index is 13.8. The molecule has 232 valence electrons. The second-order valence-corrected chi connectivity index (χ2v) is 11.5. The van der Waals surface area contributed by atoms with Gasteiger partial charge in [-0.15, -0.1) is 0 Å². The molecule has 1 unspecified atom stereocenters. The molecule has 11 heteroatoms. The van der Waals surface area contributed by atoms with Crippen LogP contribution >= 0.6 is 0 Å². The summed E-state index contributed by atoms with van der Waals surface area (Å²) in [5.41, 5.74) is 1.62. The lowest BCUT2D eigenvalue weighted by atomic mass is 10.0. The summed E-state index contributed by atoms with van der Waals surface area (Å²) in [5.74, 6) is -0.815. The number of nitrogens with one attached hydrogen (secondary N) is 2. The van der Waals surface area contributed by atoms with Gasteiger partial charge in [-0.3, -0.25) is 14.5 Å². The average molecular weight is 607 g/mol. The lowest BCUT2D eigenvalue weighted by Crippen LogP contribution is -2.49. The number of fused-ring (bicyclic) bond motifs is 1. The first-order valence-electron chi connectivity index (χ1n) is 14.7. The van der Waals surface area contributed by atoms with Crippen molar-refractivity contribution in [3.63, 3.8) is 0 Å². The lowest BCUT2D eigenvalue weighted by Gasteiger charge is -2.34. The topological polar surface area (TPSA) is 100 Å². The molecule has 2 N–H and O–H groups in total. The smallest absolute Gasteiger partial charge is 0.407 e. The van der Waals surface area contributed by atoms with Crippen LogP contribution in [0.25, 0.3) is 0 Å². The molecule has 1 atom stereocenters. The van der Waals surface area contributed by atoms with Gasteiger partial charge in [0.15, 0.2) is 0 Å². The number of anilines is 1. The van der Waals surface area contributed by atoms with E-state index in [1.807, 2.05) is 13.8 Å². The van der Waals surface area contributed by atoms with Crippen LogP contribution in [0.5, 0.6) is 11.5 Å². The van der Waals surface area contributed by atoms with Gasteiger partial charge in [0.1, 0.15) is 36.3 Å². The largest absolute Gasteiger partial charge is 0.457 e. The predicted molar refractivity (Wildman–Crippen MR) is 160 cm³/mol. The van der Waals surface area contributed by atoms with Crippen LogP contribution < -0.4 is 15.4 Å². The van der Waals surface area contributed by atoms with Gasteiger partial charge in [-0.1, -0.05) is 26.0 Å². The van der Waals surface area contributed by atoms with Gasteiger partial charge in [-0.25, -0.2) is 13.6 Å². The number of ether oxygens (including phenoxy) is 2. The molecule has 0 spiro atoms. The molecule has 1 fully saturated rings. The fraction of sp³-hybridized carbons (Fsp3) is 0.364. The van der Waals surface area contributed by atoms with E-state index < -0.39 is 23.9 Å². The maximum Gasteiger partial charge on any atom is 0.407 e. The van der Waals surface area contributed by atoms with Crippen LogP contribution in [-0.4, -0.2) is 66.0 Å². The Labute approximate surface area is 255 Å². The number of carbonyl (C=O) groups is 3. The number of hydrogen-bond donors (Lipinski definition) is 2. The van der Waals surface area contributed by atoms with Crippen molar-refractivity contribution in [2.45, 2.75) is 45.3 Å². The van der Waals surface area contributed by atoms with Crippen molar-refractivity contribution in [1.82, 2.24) is 15.1 Å². The van der Waals surface area contributed by atoms with Crippen LogP contribution in [0.3, 0.4) is 0 Å². The molecule has 0 radical (unpaired) electrons. The van der Waals surface area contributed by atoms with Crippen LogP contribution in [0.2, 0.25) is 0 Å². The Bertz CT molecular complexity index is 1470. The summed E-state index contributed by atoms with van der Waals surface area (Å²) in [4.78, 5) is 43.0. The Morgan fingerprint density at radius 3 is 2.25 bits per heavy atom. The van der Waals surface area contributed by atoms with Crippen molar-refractivity contribution in [1.29, 1.82) is 0 Å². The zero-order chi connectivity index (χ0) is 31.2. The summed E-state index contributed by atoms with van der Waals surface area (Å²) in [6, 6.07) is 16.1. The zero-order valence-corrected chi connectivity index (χ0v) is 24.7. The van der Waals surface area contributed by atoms with E-state index in [0.717, 1.165) is 31.5 Å². The first-order chi connectivity index (χ1) is 21.1. The highest BCUT2D eigenvalue weighted by atomic mass is 19.1. The number of alkyl carbamates (subject to hydrolysis) is 1. The average Bonchev–Trinajstić information content (AvgIpc) is 3.11. The molecule has 2 aliphatic heterocycles. The molecule has 0 aliphatic carbocycles. The van der Waals surface area contributed by atoms with Crippen LogP contribution in [0.4, 0.5) is 19.3 Å². The Hall–Kier alpha value is -4.51. The summed E-state index contributed by atoms with van der Waals surface area (Å²) in [7, 11) is 0. The first kappa shape index (κ1) is 30.9. The molecule has 3 aromatic carbocycles. The van der Waals surface area contributed by atoms with Gasteiger partial charge >= 0.3 is 6.09 Å². The second kappa shape index (κ2) is 13.9. The number of hydrogen-bond acceptors (Lipinski definition) is 6. The number of amides is 3. The van der Waals surface area contributed by atoms with Crippen LogP contribution in [0.15, 0.2) is 66.7 Å². The second-order valence-electron chi connectivity index (χ2n) is 11.5. The highest BCUT2D eigenvalue weighted by molar-refractivity contribution is 6.09. The van der Waals surface area contributed by atoms with Gasteiger partial charge in [0.05, 0.1) is 17.3 Å². The molecule has 0 aromatic heterocycles. The van der Waals surface area contributed by atoms with Crippen molar-refractivity contribution < 1.29 is 32.6 Å². The fourth-order valence-corrected chi connectivity index (χ4v) is 5.45. The Morgan fingerprint density at radius 2 is 1.59 bits per heavy atom. The molecule has 0 saturated carbocycles. The minimum absolute atomic E-state index is 0.0542. The molecule has 9 nitrogen and oxygen atoms in total. The van der Waals surface area contributed by atoms with Crippen molar-refractivity contribution in [2.75, 3.05) is 31.6 Å². The Balaban J connectivity index is 1.18. The van der Waals surface area contributed by atoms with Gasteiger partial charge < -0.3 is 25.0 Å². The summed E-state index contributed by atoms with van der Waals surface area (Å²) >= 11 is 0. The van der Waals surface area contributed by atoms with Gasteiger partial charge in [0.2, 0.25) is 5.91 Å². The van der Waals surface area contributed by atoms with Gasteiger partial charge in [-0.2, -0.15) is 0 Å². The number of likely N-dealkylation sites (tertiary alicyclic amines) is 1. The zero-order valence-electron chi connectivity index (χ0n) is 24.7. The number of benzene rings is 3. The summed E-state index contributed by atoms with van der Waals surface area (Å²) in [6.07, 6.45) is 0.913. The van der Waals surface area contributed by atoms with E-state index in [1.165, 1.54) is 47.4 Å². The summed E-state index contributed by atoms with van der Waals surface area (Å²) in [5, 5.41) is 5.70. The van der Waals surface area contributed by atoms with Crippen LogP contribution in [0, 0.1) is 17.6 Å². The predicted octanol–water partition coefficient (Wildman–Crippen LogP) is 5.57. The Morgan fingerprint density at radius 1 is 0.955 bits per heavy atom. The van der Waals surface area contributed by atoms with Crippen molar-refractivity contribution in [3.8, 4) is 11.5 Å².